The van der Waals surface area contributed by atoms with Crippen LogP contribution in [0.3, 0.4) is 0 Å². The van der Waals surface area contributed by atoms with Gasteiger partial charge >= 0.3 is 0 Å². The minimum atomic E-state index is -0.146. The highest BCUT2D eigenvalue weighted by Crippen LogP contribution is 2.50. The molecule has 21 heavy (non-hydrogen) atoms. The number of hydrogen-bond donors (Lipinski definition) is 1. The monoisotopic (exact) mass is 355 g/mol. The molecule has 1 aromatic heterocycles. The third-order valence-electron chi connectivity index (χ3n) is 4.64. The molecule has 2 rings (SSSR count). The zero-order valence-electron chi connectivity index (χ0n) is 14.4. The van der Waals surface area contributed by atoms with E-state index in [0.717, 1.165) is 35.8 Å². The molecule has 0 spiro atoms. The summed E-state index contributed by atoms with van der Waals surface area (Å²) in [6.07, 6.45) is 5.23. The minimum absolute atomic E-state index is 0.146. The highest BCUT2D eigenvalue weighted by Gasteiger charge is 2.45. The molecule has 1 fully saturated rings. The van der Waals surface area contributed by atoms with E-state index < -0.39 is 0 Å². The van der Waals surface area contributed by atoms with E-state index in [1.54, 1.807) is 0 Å². The summed E-state index contributed by atoms with van der Waals surface area (Å²) in [7, 11) is 2.03. The lowest BCUT2D eigenvalue weighted by molar-refractivity contribution is 0.0478. The number of hydrogen-bond acceptors (Lipinski definition) is 2. The van der Waals surface area contributed by atoms with Gasteiger partial charge in [0, 0.05) is 19.0 Å². The van der Waals surface area contributed by atoms with Gasteiger partial charge in [-0.1, -0.05) is 34.6 Å². The summed E-state index contributed by atoms with van der Waals surface area (Å²) in [5, 5.41) is 4.61. The van der Waals surface area contributed by atoms with Crippen molar-refractivity contribution in [3.63, 3.8) is 0 Å². The average Bonchev–Trinajstić information content (AvgIpc) is 2.51. The number of nitrogens with zero attached hydrogens (tertiary/aromatic N) is 2. The first kappa shape index (κ1) is 17.0. The van der Waals surface area contributed by atoms with Gasteiger partial charge in [0.1, 0.15) is 0 Å². The Hall–Kier alpha value is -0.350. The summed E-state index contributed by atoms with van der Waals surface area (Å²) in [5.41, 5.74) is 9.69. The van der Waals surface area contributed by atoms with Crippen LogP contribution in [0.15, 0.2) is 4.47 Å². The first-order valence-electron chi connectivity index (χ1n) is 7.96. The third kappa shape index (κ3) is 3.70. The summed E-state index contributed by atoms with van der Waals surface area (Å²) in [6.45, 7) is 11.6. The van der Waals surface area contributed by atoms with Crippen molar-refractivity contribution in [3.05, 3.63) is 15.9 Å². The normalized spacial score (nSPS) is 23.2. The number of aromatic nitrogens is 2. The Morgan fingerprint density at radius 1 is 1.14 bits per heavy atom. The Morgan fingerprint density at radius 3 is 2.10 bits per heavy atom. The first-order chi connectivity index (χ1) is 9.47. The van der Waals surface area contributed by atoms with E-state index in [9.17, 15) is 0 Å². The van der Waals surface area contributed by atoms with E-state index in [2.05, 4.69) is 55.6 Å². The van der Waals surface area contributed by atoms with Gasteiger partial charge in [0.15, 0.2) is 0 Å². The summed E-state index contributed by atoms with van der Waals surface area (Å²) in [4.78, 5) is 0. The van der Waals surface area contributed by atoms with Gasteiger partial charge in [-0.05, 0) is 52.4 Å². The Labute approximate surface area is 137 Å². The quantitative estimate of drug-likeness (QED) is 0.881. The number of halogens is 1. The molecule has 1 saturated carbocycles. The lowest BCUT2D eigenvalue weighted by Gasteiger charge is -2.50. The number of nitrogens with two attached hydrogens (primary N) is 1. The van der Waals surface area contributed by atoms with Crippen LogP contribution in [0.2, 0.25) is 0 Å². The zero-order valence-corrected chi connectivity index (χ0v) is 16.0. The van der Waals surface area contributed by atoms with Gasteiger partial charge in [0.05, 0.1) is 15.9 Å². The summed E-state index contributed by atoms with van der Waals surface area (Å²) < 4.78 is 3.16. The van der Waals surface area contributed by atoms with Crippen LogP contribution in [0.5, 0.6) is 0 Å². The molecule has 0 bridgehead atoms. The Bertz CT molecular complexity index is 512. The molecule has 0 radical (unpaired) electrons. The van der Waals surface area contributed by atoms with Gasteiger partial charge in [-0.25, -0.2) is 0 Å². The molecule has 0 saturated heterocycles. The maximum atomic E-state index is 6.87. The van der Waals surface area contributed by atoms with Crippen molar-refractivity contribution < 1.29 is 0 Å². The lowest BCUT2D eigenvalue weighted by atomic mass is 9.58. The molecule has 1 aliphatic rings. The first-order valence-corrected chi connectivity index (χ1v) is 8.75. The molecule has 1 aliphatic carbocycles. The van der Waals surface area contributed by atoms with Crippen LogP contribution in [-0.2, 0) is 19.9 Å². The Morgan fingerprint density at radius 2 is 1.67 bits per heavy atom. The summed E-state index contributed by atoms with van der Waals surface area (Å²) >= 11 is 3.73. The van der Waals surface area contributed by atoms with Crippen LogP contribution < -0.4 is 5.73 Å². The van der Waals surface area contributed by atoms with Crippen molar-refractivity contribution >= 4 is 15.9 Å². The predicted octanol–water partition coefficient (Wildman–Crippen LogP) is 4.22. The predicted molar refractivity (Wildman–Crippen MR) is 92.3 cm³/mol. The van der Waals surface area contributed by atoms with Crippen molar-refractivity contribution in [1.29, 1.82) is 0 Å². The maximum Gasteiger partial charge on any atom is 0.0766 e. The fraction of sp³-hybridized carbons (Fsp3) is 0.824. The molecule has 1 heterocycles. The fourth-order valence-corrected chi connectivity index (χ4v) is 5.62. The van der Waals surface area contributed by atoms with Crippen molar-refractivity contribution in [2.24, 2.45) is 23.6 Å². The van der Waals surface area contributed by atoms with Crippen LogP contribution in [0.4, 0.5) is 0 Å². The van der Waals surface area contributed by atoms with Gasteiger partial charge < -0.3 is 5.73 Å². The molecule has 3 nitrogen and oxygen atoms in total. The van der Waals surface area contributed by atoms with Crippen LogP contribution in [0.1, 0.15) is 65.3 Å². The molecule has 120 valence electrons. The standard InChI is InChI=1S/C17H30BrN3/c1-7-12-14(18)13(21(6)20-12)8-17(19)10-15(2,3)9-16(4,5)11-17/h7-11,19H2,1-6H3. The average molecular weight is 356 g/mol. The third-order valence-corrected chi connectivity index (χ3v) is 5.56. The molecule has 2 N–H and O–H groups in total. The number of rotatable bonds is 3. The molecule has 4 heteroatoms. The maximum absolute atomic E-state index is 6.87. The topological polar surface area (TPSA) is 43.8 Å². The van der Waals surface area contributed by atoms with Crippen molar-refractivity contribution in [1.82, 2.24) is 9.78 Å². The van der Waals surface area contributed by atoms with E-state index >= 15 is 0 Å². The Balaban J connectivity index is 2.31. The van der Waals surface area contributed by atoms with Crippen molar-refractivity contribution in [2.75, 3.05) is 0 Å². The molecular formula is C17H30BrN3. The second-order valence-corrected chi connectivity index (χ2v) is 9.38. The molecule has 0 aliphatic heterocycles. The Kier molecular flexibility index (Phi) is 4.36. The highest BCUT2D eigenvalue weighted by atomic mass is 79.9. The molecule has 0 aromatic carbocycles. The van der Waals surface area contributed by atoms with Gasteiger partial charge in [0.25, 0.3) is 0 Å². The lowest BCUT2D eigenvalue weighted by Crippen LogP contribution is -2.53. The van der Waals surface area contributed by atoms with Crippen LogP contribution >= 0.6 is 15.9 Å². The van der Waals surface area contributed by atoms with Gasteiger partial charge in [-0.3, -0.25) is 4.68 Å². The smallest absolute Gasteiger partial charge is 0.0766 e. The van der Waals surface area contributed by atoms with E-state index in [4.69, 9.17) is 5.73 Å². The van der Waals surface area contributed by atoms with E-state index in [0.29, 0.717) is 10.8 Å². The molecule has 0 unspecified atom stereocenters. The van der Waals surface area contributed by atoms with Gasteiger partial charge in [0.2, 0.25) is 0 Å². The minimum Gasteiger partial charge on any atom is -0.325 e. The molecule has 0 amide bonds. The van der Waals surface area contributed by atoms with Gasteiger partial charge in [-0.2, -0.15) is 5.10 Å². The van der Waals surface area contributed by atoms with Crippen molar-refractivity contribution in [2.45, 2.75) is 72.3 Å². The largest absolute Gasteiger partial charge is 0.325 e. The van der Waals surface area contributed by atoms with Crippen LogP contribution in [0.25, 0.3) is 0 Å². The highest BCUT2D eigenvalue weighted by molar-refractivity contribution is 9.10. The fourth-order valence-electron chi connectivity index (χ4n) is 4.86. The van der Waals surface area contributed by atoms with Crippen molar-refractivity contribution in [3.8, 4) is 0 Å². The second kappa shape index (κ2) is 5.38. The number of aryl methyl sites for hydroxylation is 2. The van der Waals surface area contributed by atoms with E-state index in [1.165, 1.54) is 12.1 Å². The summed E-state index contributed by atoms with van der Waals surface area (Å²) in [5.74, 6) is 0. The molecule has 1 aromatic rings. The molecular weight excluding hydrogens is 326 g/mol. The second-order valence-electron chi connectivity index (χ2n) is 8.58. The van der Waals surface area contributed by atoms with Crippen LogP contribution in [-0.4, -0.2) is 15.3 Å². The van der Waals surface area contributed by atoms with E-state index in [-0.39, 0.29) is 5.54 Å². The van der Waals surface area contributed by atoms with Gasteiger partial charge in [-0.15, -0.1) is 0 Å². The van der Waals surface area contributed by atoms with Crippen LogP contribution in [0, 0.1) is 10.8 Å². The van der Waals surface area contributed by atoms with E-state index in [1.807, 2.05) is 11.7 Å². The molecule has 0 atom stereocenters. The zero-order chi connectivity index (χ0) is 16.1. The summed E-state index contributed by atoms with van der Waals surface area (Å²) in [6, 6.07) is 0. The SMILES string of the molecule is CCc1nn(C)c(CC2(N)CC(C)(C)CC(C)(C)C2)c1Br.